The number of aliphatic carboxylic acids is 3. The van der Waals surface area contributed by atoms with E-state index < -0.39 is 135 Å². The second-order valence-corrected chi connectivity index (χ2v) is 14.0. The fraction of sp³-hybridized carbons (Fsp3) is 0.516. The number of amides is 6. The highest BCUT2D eigenvalue weighted by Gasteiger charge is 2.35. The minimum Gasteiger partial charge on any atom is -0.481 e. The van der Waals surface area contributed by atoms with Gasteiger partial charge in [-0.2, -0.15) is 0 Å². The highest BCUT2D eigenvalue weighted by molar-refractivity contribution is 7.46. The van der Waals surface area contributed by atoms with Gasteiger partial charge in [0.05, 0.1) is 25.3 Å². The maximum atomic E-state index is 13.8. The Balaban J connectivity index is 3.50. The number of phosphoric acid groups is 1. The second kappa shape index (κ2) is 21.3. The first kappa shape index (κ1) is 47.4. The van der Waals surface area contributed by atoms with E-state index in [1.165, 1.54) is 39.8 Å². The van der Waals surface area contributed by atoms with Crippen LogP contribution in [0.15, 0.2) is 24.3 Å². The molecule has 6 atom stereocenters. The summed E-state index contributed by atoms with van der Waals surface area (Å²) in [6, 6.07) is -5.18. The first-order chi connectivity index (χ1) is 25.3. The number of phosphoric ester groups is 1. The van der Waals surface area contributed by atoms with Gasteiger partial charge in [0.2, 0.25) is 35.4 Å². The quantitative estimate of drug-likeness (QED) is 0.0481. The fourth-order valence-electron chi connectivity index (χ4n) is 4.71. The van der Waals surface area contributed by atoms with Gasteiger partial charge in [-0.15, -0.1) is 0 Å². The predicted octanol–water partition coefficient (Wildman–Crippen LogP) is -3.33. The highest BCUT2D eigenvalue weighted by atomic mass is 31.2. The molecule has 0 bridgehead atoms. The molecular formula is C31H46N7O16P. The molecule has 0 saturated carbocycles. The van der Waals surface area contributed by atoms with E-state index in [1.54, 1.807) is 0 Å². The van der Waals surface area contributed by atoms with Crippen molar-refractivity contribution < 1.29 is 77.3 Å². The van der Waals surface area contributed by atoms with Crippen LogP contribution in [0, 0.1) is 11.8 Å². The molecule has 0 aliphatic heterocycles. The van der Waals surface area contributed by atoms with Crippen molar-refractivity contribution in [2.45, 2.75) is 89.6 Å². The lowest BCUT2D eigenvalue weighted by Crippen LogP contribution is -2.61. The van der Waals surface area contributed by atoms with Crippen LogP contribution in [0.4, 0.5) is 0 Å². The largest absolute Gasteiger partial charge is 0.524 e. The first-order valence-electron chi connectivity index (χ1n) is 16.4. The van der Waals surface area contributed by atoms with Crippen molar-refractivity contribution in [3.05, 3.63) is 29.8 Å². The Morgan fingerprint density at radius 2 is 1.07 bits per heavy atom. The molecule has 0 radical (unpaired) electrons. The molecule has 0 aromatic heterocycles. The summed E-state index contributed by atoms with van der Waals surface area (Å²) < 4.78 is 15.7. The van der Waals surface area contributed by atoms with Crippen molar-refractivity contribution in [3.8, 4) is 5.75 Å². The van der Waals surface area contributed by atoms with Gasteiger partial charge < -0.3 is 57.9 Å². The van der Waals surface area contributed by atoms with Gasteiger partial charge in [0.15, 0.2) is 0 Å². The summed E-state index contributed by atoms with van der Waals surface area (Å²) >= 11 is 0. The number of carbonyl (C=O) groups excluding carboxylic acids is 6. The molecule has 0 aliphatic carbocycles. The Morgan fingerprint density at radius 3 is 1.53 bits per heavy atom. The van der Waals surface area contributed by atoms with Crippen molar-refractivity contribution in [1.29, 1.82) is 0 Å². The van der Waals surface area contributed by atoms with Gasteiger partial charge in [0, 0.05) is 6.42 Å². The van der Waals surface area contributed by atoms with Crippen molar-refractivity contribution in [2.24, 2.45) is 23.3 Å². The van der Waals surface area contributed by atoms with E-state index in [0.29, 0.717) is 0 Å². The Labute approximate surface area is 313 Å². The molecule has 55 heavy (non-hydrogen) atoms. The lowest BCUT2D eigenvalue weighted by atomic mass is 9.99. The summed E-state index contributed by atoms with van der Waals surface area (Å²) in [6.45, 7) is 5.94. The van der Waals surface area contributed by atoms with Gasteiger partial charge in [-0.05, 0) is 29.5 Å². The van der Waals surface area contributed by atoms with E-state index in [9.17, 15) is 57.9 Å². The van der Waals surface area contributed by atoms with Gasteiger partial charge in [-0.25, -0.2) is 9.36 Å². The van der Waals surface area contributed by atoms with E-state index in [4.69, 9.17) is 26.4 Å². The molecule has 0 saturated heterocycles. The zero-order valence-electron chi connectivity index (χ0n) is 30.1. The van der Waals surface area contributed by atoms with Crippen molar-refractivity contribution in [1.82, 2.24) is 26.6 Å². The number of carbonyl (C=O) groups is 9. The lowest BCUT2D eigenvalue weighted by Gasteiger charge is -2.28. The van der Waals surface area contributed by atoms with Gasteiger partial charge >= 0.3 is 25.7 Å². The second-order valence-electron chi connectivity index (χ2n) is 12.9. The summed E-state index contributed by atoms with van der Waals surface area (Å²) in [4.78, 5) is 130. The number of benzene rings is 1. The third kappa shape index (κ3) is 17.4. The van der Waals surface area contributed by atoms with Crippen LogP contribution in [0.2, 0.25) is 0 Å². The molecular weight excluding hydrogens is 757 g/mol. The SMILES string of the molecule is CC(C)[C@H](NC(=O)[C@H](CC(N)=O)NC(=O)[C@@H](NC(=O)[C@H](Cc1ccc(OP(=O)(O)O)cc1)NC(=O)[C@H](CC(=O)O)NC(=O)[C@@H](N)CC(=O)O)C(C)C)C(=O)O. The van der Waals surface area contributed by atoms with Crippen LogP contribution in [0.3, 0.4) is 0 Å². The minimum atomic E-state index is -4.95. The minimum absolute atomic E-state index is 0.211. The van der Waals surface area contributed by atoms with Crippen LogP contribution in [0.25, 0.3) is 0 Å². The molecule has 0 spiro atoms. The van der Waals surface area contributed by atoms with E-state index >= 15 is 0 Å². The number of rotatable bonds is 23. The maximum absolute atomic E-state index is 13.8. The number of nitrogens with one attached hydrogen (secondary N) is 5. The average molecular weight is 804 g/mol. The van der Waals surface area contributed by atoms with Crippen LogP contribution in [0.1, 0.15) is 52.5 Å². The number of nitrogens with two attached hydrogens (primary N) is 2. The zero-order chi connectivity index (χ0) is 42.4. The number of hydrogen-bond donors (Lipinski definition) is 12. The summed E-state index contributed by atoms with van der Waals surface area (Å²) in [5.41, 5.74) is 11.0. The third-order valence-corrected chi connectivity index (χ3v) is 7.93. The zero-order valence-corrected chi connectivity index (χ0v) is 31.0. The summed E-state index contributed by atoms with van der Waals surface area (Å²) in [7, 11) is -4.95. The molecule has 1 aromatic rings. The molecule has 6 amide bonds. The number of carboxylic acid groups (broad SMARTS) is 3. The molecule has 0 unspecified atom stereocenters. The Morgan fingerprint density at radius 1 is 0.636 bits per heavy atom. The Kier molecular flexibility index (Phi) is 18.3. The molecule has 306 valence electrons. The Bertz CT molecular complexity index is 1650. The first-order valence-corrected chi connectivity index (χ1v) is 17.9. The fourth-order valence-corrected chi connectivity index (χ4v) is 5.11. The maximum Gasteiger partial charge on any atom is 0.524 e. The standard InChI is InChI=1S/C31H46N7O16P/c1-13(2)24(30(48)36-19(11-21(33)39)29(47)38-25(14(3)4)31(49)50)37-28(46)18(9-15-5-7-16(8-6-15)54-55(51,52)53)35-27(45)20(12-23(42)43)34-26(44)17(32)10-22(40)41/h5-8,13-14,17-20,24-25H,9-12,32H2,1-4H3,(H2,33,39)(H,34,44)(H,35,45)(H,36,48)(H,37,46)(H,38,47)(H,40,41)(H,42,43)(H,49,50)(H2,51,52,53)/t17-,18-,19-,20-,24-,25-/m0/s1. The monoisotopic (exact) mass is 803 g/mol. The van der Waals surface area contributed by atoms with E-state index in [0.717, 1.165) is 12.1 Å². The van der Waals surface area contributed by atoms with E-state index in [2.05, 4.69) is 25.8 Å². The van der Waals surface area contributed by atoms with Gasteiger partial charge in [-0.3, -0.25) is 48.1 Å². The normalized spacial score (nSPS) is 14.6. The molecule has 1 aromatic carbocycles. The van der Waals surface area contributed by atoms with Gasteiger partial charge in [-0.1, -0.05) is 39.8 Å². The molecule has 24 heteroatoms. The molecule has 0 aliphatic rings. The summed E-state index contributed by atoms with van der Waals surface area (Å²) in [5.74, 6) is -12.9. The lowest BCUT2D eigenvalue weighted by molar-refractivity contribution is -0.144. The van der Waals surface area contributed by atoms with Gasteiger partial charge in [0.1, 0.15) is 36.0 Å². The Hall–Kier alpha value is -5.64. The molecule has 0 heterocycles. The van der Waals surface area contributed by atoms with Crippen molar-refractivity contribution in [3.63, 3.8) is 0 Å². The van der Waals surface area contributed by atoms with Crippen molar-refractivity contribution >= 4 is 61.2 Å². The average Bonchev–Trinajstić information content (AvgIpc) is 3.03. The number of hydrogen-bond acceptors (Lipinski definition) is 12. The number of carboxylic acids is 3. The molecule has 1 rings (SSSR count). The van der Waals surface area contributed by atoms with Crippen LogP contribution < -0.4 is 42.6 Å². The van der Waals surface area contributed by atoms with Crippen molar-refractivity contribution in [2.75, 3.05) is 0 Å². The third-order valence-electron chi connectivity index (χ3n) is 7.48. The van der Waals surface area contributed by atoms with E-state index in [-0.39, 0.29) is 11.3 Å². The topological polar surface area (TPSA) is 393 Å². The van der Waals surface area contributed by atoms with Gasteiger partial charge in [0.25, 0.3) is 0 Å². The smallest absolute Gasteiger partial charge is 0.481 e. The van der Waals surface area contributed by atoms with Crippen LogP contribution in [-0.4, -0.2) is 115 Å². The predicted molar refractivity (Wildman–Crippen MR) is 186 cm³/mol. The highest BCUT2D eigenvalue weighted by Crippen LogP contribution is 2.37. The summed E-state index contributed by atoms with van der Waals surface area (Å²) in [5, 5.41) is 39.0. The van der Waals surface area contributed by atoms with Crippen LogP contribution >= 0.6 is 7.82 Å². The molecule has 0 fully saturated rings. The molecule has 23 nitrogen and oxygen atoms in total. The van der Waals surface area contributed by atoms with Crippen LogP contribution in [0.5, 0.6) is 5.75 Å². The number of primary amides is 1. The van der Waals surface area contributed by atoms with E-state index in [1.807, 2.05) is 5.32 Å². The van der Waals surface area contributed by atoms with Crippen LogP contribution in [-0.2, 0) is 54.1 Å². The molecule has 14 N–H and O–H groups in total. The summed E-state index contributed by atoms with van der Waals surface area (Å²) in [6.07, 6.45) is -3.14.